The Morgan fingerprint density at radius 1 is 1.03 bits per heavy atom. The van der Waals surface area contributed by atoms with Crippen LogP contribution in [0.1, 0.15) is 56.9 Å². The summed E-state index contributed by atoms with van der Waals surface area (Å²) in [5, 5.41) is 7.94. The van der Waals surface area contributed by atoms with Crippen LogP contribution in [-0.4, -0.2) is 59.2 Å². The second-order valence-corrected chi connectivity index (χ2v) is 10.6. The average molecular weight is 501 g/mol. The lowest BCUT2D eigenvalue weighted by molar-refractivity contribution is -0.142. The van der Waals surface area contributed by atoms with Crippen LogP contribution in [0.3, 0.4) is 0 Å². The maximum Gasteiger partial charge on any atom is 0.309 e. The average Bonchev–Trinajstić information content (AvgIpc) is 3.15. The van der Waals surface area contributed by atoms with Gasteiger partial charge in [0.1, 0.15) is 6.04 Å². The monoisotopic (exact) mass is 500 g/mol. The van der Waals surface area contributed by atoms with Crippen molar-refractivity contribution < 1.29 is 19.1 Å². The third kappa shape index (κ3) is 7.30. The minimum atomic E-state index is -0.841. The zero-order chi connectivity index (χ0) is 24.5. The number of thioether (sulfide) groups is 1. The van der Waals surface area contributed by atoms with Gasteiger partial charge in [0.2, 0.25) is 11.7 Å². The van der Waals surface area contributed by atoms with Crippen LogP contribution in [0.4, 0.5) is 0 Å². The first-order valence-corrected chi connectivity index (χ1v) is 13.8. The number of ketones is 1. The van der Waals surface area contributed by atoms with E-state index in [1.807, 2.05) is 18.2 Å². The number of hydrogen-bond acceptors (Lipinski definition) is 6. The summed E-state index contributed by atoms with van der Waals surface area (Å²) < 4.78 is 5.45. The molecular formula is C26H36N4O4S. The molecule has 190 valence electrons. The van der Waals surface area contributed by atoms with Crippen molar-refractivity contribution in [3.63, 3.8) is 0 Å². The first kappa shape index (κ1) is 25.7. The third-order valence-corrected chi connectivity index (χ3v) is 8.09. The van der Waals surface area contributed by atoms with Gasteiger partial charge in [-0.1, -0.05) is 67.8 Å². The molecular weight excluding hydrogens is 464 g/mol. The smallest absolute Gasteiger partial charge is 0.309 e. The fraction of sp³-hybridized carbons (Fsp3) is 0.615. The third-order valence-electron chi connectivity index (χ3n) is 7.10. The summed E-state index contributed by atoms with van der Waals surface area (Å²) >= 11 is 1.55. The molecule has 2 saturated heterocycles. The highest BCUT2D eigenvalue weighted by Gasteiger charge is 2.36. The molecule has 1 aromatic carbocycles. The molecule has 4 rings (SSSR count). The number of carbonyl (C=O) groups excluding carboxylic acids is 3. The van der Waals surface area contributed by atoms with E-state index in [0.717, 1.165) is 56.4 Å². The fourth-order valence-electron chi connectivity index (χ4n) is 5.04. The molecule has 9 heteroatoms. The first-order valence-electron chi connectivity index (χ1n) is 12.8. The van der Waals surface area contributed by atoms with Gasteiger partial charge >= 0.3 is 5.91 Å². The largest absolute Gasteiger partial charge is 0.381 e. The zero-order valence-corrected chi connectivity index (χ0v) is 21.1. The Labute approximate surface area is 211 Å². The normalized spacial score (nSPS) is 21.9. The predicted octanol–water partition coefficient (Wildman–Crippen LogP) is 3.07. The van der Waals surface area contributed by atoms with Gasteiger partial charge in [0.25, 0.3) is 0 Å². The van der Waals surface area contributed by atoms with Crippen LogP contribution in [0.15, 0.2) is 35.4 Å². The molecule has 1 aromatic rings. The molecule has 1 aliphatic carbocycles. The van der Waals surface area contributed by atoms with E-state index in [2.05, 4.69) is 32.9 Å². The number of hydrazone groups is 1. The molecule has 8 nitrogen and oxygen atoms in total. The molecule has 2 aliphatic heterocycles. The molecule has 1 saturated carbocycles. The number of rotatable bonds is 8. The maximum atomic E-state index is 13.2. The SMILES string of the molecule is O=C(N/N=C1\SCCN1Cc1ccccc1)C(=O)C(NC(=O)C1CCCCCC1)C1CCOCC1. The number of ether oxygens (including phenoxy) is 1. The number of nitrogens with one attached hydrogen (secondary N) is 2. The van der Waals surface area contributed by atoms with E-state index in [-0.39, 0.29) is 17.7 Å². The van der Waals surface area contributed by atoms with Gasteiger partial charge < -0.3 is 15.0 Å². The van der Waals surface area contributed by atoms with Gasteiger partial charge in [-0.05, 0) is 37.2 Å². The minimum absolute atomic E-state index is 0.0858. The summed E-state index contributed by atoms with van der Waals surface area (Å²) in [5.41, 5.74) is 3.64. The molecule has 0 bridgehead atoms. The molecule has 3 fully saturated rings. The Kier molecular flexibility index (Phi) is 9.59. The summed E-state index contributed by atoms with van der Waals surface area (Å²) in [6.45, 7) is 2.58. The van der Waals surface area contributed by atoms with E-state index in [9.17, 15) is 14.4 Å². The van der Waals surface area contributed by atoms with E-state index in [4.69, 9.17) is 4.74 Å². The van der Waals surface area contributed by atoms with Gasteiger partial charge in [-0.2, -0.15) is 0 Å². The highest BCUT2D eigenvalue weighted by Crippen LogP contribution is 2.25. The van der Waals surface area contributed by atoms with Crippen molar-refractivity contribution in [2.75, 3.05) is 25.5 Å². The van der Waals surface area contributed by atoms with E-state index in [1.54, 1.807) is 11.8 Å². The van der Waals surface area contributed by atoms with Gasteiger partial charge in [-0.25, -0.2) is 5.43 Å². The molecule has 3 aliphatic rings. The number of amidine groups is 1. The minimum Gasteiger partial charge on any atom is -0.381 e. The van der Waals surface area contributed by atoms with Gasteiger partial charge in [0.05, 0.1) is 0 Å². The van der Waals surface area contributed by atoms with Crippen molar-refractivity contribution in [2.24, 2.45) is 16.9 Å². The van der Waals surface area contributed by atoms with Gasteiger partial charge in [0, 0.05) is 38.0 Å². The van der Waals surface area contributed by atoms with Gasteiger partial charge in [-0.15, -0.1) is 5.10 Å². The maximum absolute atomic E-state index is 13.2. The van der Waals surface area contributed by atoms with Crippen molar-refractivity contribution in [1.82, 2.24) is 15.6 Å². The molecule has 2 heterocycles. The Bertz CT molecular complexity index is 896. The lowest BCUT2D eigenvalue weighted by Crippen LogP contribution is -2.53. The second kappa shape index (κ2) is 13.1. The number of hydrogen-bond donors (Lipinski definition) is 2. The summed E-state index contributed by atoms with van der Waals surface area (Å²) in [7, 11) is 0. The van der Waals surface area contributed by atoms with Crippen molar-refractivity contribution in [3.05, 3.63) is 35.9 Å². The molecule has 0 radical (unpaired) electrons. The summed E-state index contributed by atoms with van der Waals surface area (Å²) in [6.07, 6.45) is 7.33. The molecule has 0 aromatic heterocycles. The van der Waals surface area contributed by atoms with Crippen LogP contribution >= 0.6 is 11.8 Å². The van der Waals surface area contributed by atoms with Crippen molar-refractivity contribution in [3.8, 4) is 0 Å². The standard InChI is InChI=1S/C26H36N4O4S/c31-23(25(33)28-29-26-30(14-17-35-26)18-19-8-4-3-5-9-19)22(20-12-15-34-16-13-20)27-24(32)21-10-6-1-2-7-11-21/h3-5,8-9,20-22H,1-2,6-7,10-18H2,(H,27,32)(H,28,33)/b29-26-. The van der Waals surface area contributed by atoms with Crippen LogP contribution in [0.5, 0.6) is 0 Å². The Balaban J connectivity index is 1.40. The van der Waals surface area contributed by atoms with E-state index >= 15 is 0 Å². The fourth-order valence-corrected chi connectivity index (χ4v) is 5.98. The molecule has 2 amide bonds. The van der Waals surface area contributed by atoms with E-state index in [0.29, 0.717) is 37.8 Å². The first-order chi connectivity index (χ1) is 17.1. The van der Waals surface area contributed by atoms with Crippen LogP contribution in [0, 0.1) is 11.8 Å². The van der Waals surface area contributed by atoms with E-state index in [1.165, 1.54) is 0 Å². The quantitative estimate of drug-likeness (QED) is 0.323. The van der Waals surface area contributed by atoms with E-state index < -0.39 is 17.7 Å². The summed E-state index contributed by atoms with van der Waals surface area (Å²) in [4.78, 5) is 41.3. The number of nitrogens with zero attached hydrogens (tertiary/aromatic N) is 2. The van der Waals surface area contributed by atoms with Crippen molar-refractivity contribution >= 4 is 34.5 Å². The number of benzene rings is 1. The van der Waals surface area contributed by atoms with Crippen molar-refractivity contribution in [2.45, 2.75) is 64.0 Å². The highest BCUT2D eigenvalue weighted by atomic mass is 32.2. The topological polar surface area (TPSA) is 100 Å². The van der Waals surface area contributed by atoms with Gasteiger partial charge in [0.15, 0.2) is 5.17 Å². The lowest BCUT2D eigenvalue weighted by Gasteiger charge is -2.30. The van der Waals surface area contributed by atoms with Crippen molar-refractivity contribution in [1.29, 1.82) is 0 Å². The van der Waals surface area contributed by atoms with Crippen LogP contribution < -0.4 is 10.7 Å². The zero-order valence-electron chi connectivity index (χ0n) is 20.2. The second-order valence-electron chi connectivity index (χ2n) is 9.58. The molecule has 0 spiro atoms. The summed E-state index contributed by atoms with van der Waals surface area (Å²) in [5.74, 6) is -0.825. The highest BCUT2D eigenvalue weighted by molar-refractivity contribution is 8.14. The van der Waals surface area contributed by atoms with Gasteiger partial charge in [-0.3, -0.25) is 14.4 Å². The number of carbonyl (C=O) groups is 3. The summed E-state index contributed by atoms with van der Waals surface area (Å²) in [6, 6.07) is 9.24. The van der Waals surface area contributed by atoms with Crippen LogP contribution in [-0.2, 0) is 25.7 Å². The molecule has 2 N–H and O–H groups in total. The molecule has 35 heavy (non-hydrogen) atoms. The Hall–Kier alpha value is -2.39. The predicted molar refractivity (Wildman–Crippen MR) is 137 cm³/mol. The Morgan fingerprint density at radius 3 is 2.46 bits per heavy atom. The number of Topliss-reactive ketones (excluding diaryl/α,β-unsaturated/α-hetero) is 1. The number of amides is 2. The Morgan fingerprint density at radius 2 is 1.74 bits per heavy atom. The molecule has 1 atom stereocenters. The van der Waals surface area contributed by atoms with Crippen LogP contribution in [0.25, 0.3) is 0 Å². The van der Waals surface area contributed by atoms with Crippen LogP contribution in [0.2, 0.25) is 0 Å². The lowest BCUT2D eigenvalue weighted by atomic mass is 9.87. The molecule has 1 unspecified atom stereocenters.